The quantitative estimate of drug-likeness (QED) is 0.596. The highest BCUT2D eigenvalue weighted by Gasteiger charge is 2.13. The molecule has 1 fully saturated rings. The van der Waals surface area contributed by atoms with Gasteiger partial charge < -0.3 is 14.8 Å². The normalized spacial score (nSPS) is 21.0. The Hall–Kier alpha value is -0.120. The van der Waals surface area contributed by atoms with Crippen LogP contribution in [0.1, 0.15) is 38.5 Å². The molecule has 3 nitrogen and oxygen atoms in total. The Labute approximate surface area is 93.5 Å². The van der Waals surface area contributed by atoms with E-state index < -0.39 is 0 Å². The highest BCUT2D eigenvalue weighted by atomic mass is 16.5. The van der Waals surface area contributed by atoms with Gasteiger partial charge in [0.2, 0.25) is 0 Å². The molecule has 0 bridgehead atoms. The second-order valence-electron chi connectivity index (χ2n) is 4.23. The first-order chi connectivity index (χ1) is 7.43. The summed E-state index contributed by atoms with van der Waals surface area (Å²) >= 11 is 0. The van der Waals surface area contributed by atoms with Crippen LogP contribution in [0.15, 0.2) is 0 Å². The first-order valence-corrected chi connectivity index (χ1v) is 6.24. The van der Waals surface area contributed by atoms with E-state index in [9.17, 15) is 0 Å². The van der Waals surface area contributed by atoms with Gasteiger partial charge in [0.1, 0.15) is 0 Å². The summed E-state index contributed by atoms with van der Waals surface area (Å²) in [6.07, 6.45) is 7.93. The Morgan fingerprint density at radius 3 is 2.93 bits per heavy atom. The second kappa shape index (κ2) is 9.13. The van der Waals surface area contributed by atoms with Crippen LogP contribution in [0.4, 0.5) is 0 Å². The summed E-state index contributed by atoms with van der Waals surface area (Å²) in [4.78, 5) is 0. The third-order valence-electron chi connectivity index (χ3n) is 2.87. The van der Waals surface area contributed by atoms with Crippen molar-refractivity contribution in [3.8, 4) is 0 Å². The molecule has 1 unspecified atom stereocenters. The summed E-state index contributed by atoms with van der Waals surface area (Å²) in [5.74, 6) is 0. The minimum Gasteiger partial charge on any atom is -0.385 e. The maximum absolute atomic E-state index is 5.56. The van der Waals surface area contributed by atoms with E-state index in [1.165, 1.54) is 38.5 Å². The summed E-state index contributed by atoms with van der Waals surface area (Å²) in [6, 6.07) is 0. The molecule has 1 aliphatic heterocycles. The van der Waals surface area contributed by atoms with Crippen molar-refractivity contribution in [3.05, 3.63) is 0 Å². The first kappa shape index (κ1) is 12.9. The fourth-order valence-corrected chi connectivity index (χ4v) is 1.93. The van der Waals surface area contributed by atoms with E-state index in [1.807, 2.05) is 0 Å². The van der Waals surface area contributed by atoms with Crippen molar-refractivity contribution in [3.63, 3.8) is 0 Å². The highest BCUT2D eigenvalue weighted by Crippen LogP contribution is 2.14. The van der Waals surface area contributed by atoms with E-state index in [1.54, 1.807) is 7.11 Å². The van der Waals surface area contributed by atoms with Crippen molar-refractivity contribution in [2.45, 2.75) is 44.6 Å². The maximum Gasteiger partial charge on any atom is 0.0588 e. The van der Waals surface area contributed by atoms with Gasteiger partial charge in [-0.25, -0.2) is 0 Å². The average Bonchev–Trinajstić information content (AvgIpc) is 2.75. The predicted molar refractivity (Wildman–Crippen MR) is 62.2 cm³/mol. The zero-order valence-electron chi connectivity index (χ0n) is 9.96. The van der Waals surface area contributed by atoms with Crippen LogP contribution in [-0.2, 0) is 9.47 Å². The van der Waals surface area contributed by atoms with E-state index in [4.69, 9.17) is 9.47 Å². The average molecular weight is 215 g/mol. The zero-order chi connectivity index (χ0) is 10.8. The first-order valence-electron chi connectivity index (χ1n) is 6.24. The SMILES string of the molecule is COCCCCCNCCC1CCCO1. The third kappa shape index (κ3) is 6.88. The Morgan fingerprint density at radius 2 is 2.20 bits per heavy atom. The number of unbranched alkanes of at least 4 members (excludes halogenated alkanes) is 2. The molecular formula is C12H25NO2. The Morgan fingerprint density at radius 1 is 1.27 bits per heavy atom. The summed E-state index contributed by atoms with van der Waals surface area (Å²) < 4.78 is 10.6. The van der Waals surface area contributed by atoms with E-state index in [0.717, 1.165) is 26.3 Å². The molecule has 0 aromatic carbocycles. The van der Waals surface area contributed by atoms with Gasteiger partial charge in [-0.2, -0.15) is 0 Å². The lowest BCUT2D eigenvalue weighted by Crippen LogP contribution is -2.21. The number of ether oxygens (including phenoxy) is 2. The predicted octanol–water partition coefficient (Wildman–Crippen LogP) is 1.96. The van der Waals surface area contributed by atoms with Gasteiger partial charge in [0.15, 0.2) is 0 Å². The number of nitrogens with one attached hydrogen (secondary N) is 1. The number of methoxy groups -OCH3 is 1. The molecule has 0 amide bonds. The van der Waals surface area contributed by atoms with Crippen molar-refractivity contribution < 1.29 is 9.47 Å². The van der Waals surface area contributed by atoms with Gasteiger partial charge in [-0.15, -0.1) is 0 Å². The molecule has 0 aromatic rings. The molecule has 1 saturated heterocycles. The Balaban J connectivity index is 1.73. The summed E-state index contributed by atoms with van der Waals surface area (Å²) in [5, 5.41) is 3.47. The number of hydrogen-bond donors (Lipinski definition) is 1. The van der Waals surface area contributed by atoms with Gasteiger partial charge in [0, 0.05) is 20.3 Å². The summed E-state index contributed by atoms with van der Waals surface area (Å²) in [7, 11) is 1.76. The molecule has 3 heteroatoms. The van der Waals surface area contributed by atoms with Crippen LogP contribution in [0, 0.1) is 0 Å². The number of hydrogen-bond acceptors (Lipinski definition) is 3. The Bertz CT molecular complexity index is 136. The van der Waals surface area contributed by atoms with Crippen LogP contribution in [0.2, 0.25) is 0 Å². The Kier molecular flexibility index (Phi) is 7.88. The van der Waals surface area contributed by atoms with E-state index >= 15 is 0 Å². The smallest absolute Gasteiger partial charge is 0.0588 e. The fourth-order valence-electron chi connectivity index (χ4n) is 1.93. The molecule has 0 saturated carbocycles. The lowest BCUT2D eigenvalue weighted by molar-refractivity contribution is 0.104. The van der Waals surface area contributed by atoms with Gasteiger partial charge >= 0.3 is 0 Å². The molecule has 0 aromatic heterocycles. The van der Waals surface area contributed by atoms with Crippen molar-refractivity contribution in [2.75, 3.05) is 33.4 Å². The van der Waals surface area contributed by atoms with Crippen LogP contribution >= 0.6 is 0 Å². The molecule has 1 rings (SSSR count). The summed E-state index contributed by atoms with van der Waals surface area (Å²) in [5.41, 5.74) is 0. The molecule has 0 aliphatic carbocycles. The van der Waals surface area contributed by atoms with Gasteiger partial charge in [-0.05, 0) is 51.6 Å². The van der Waals surface area contributed by atoms with E-state index in [0.29, 0.717) is 6.10 Å². The fraction of sp³-hybridized carbons (Fsp3) is 1.00. The van der Waals surface area contributed by atoms with Crippen LogP contribution in [-0.4, -0.2) is 39.5 Å². The van der Waals surface area contributed by atoms with Gasteiger partial charge in [-0.3, -0.25) is 0 Å². The van der Waals surface area contributed by atoms with Crippen LogP contribution in [0.3, 0.4) is 0 Å². The zero-order valence-corrected chi connectivity index (χ0v) is 9.96. The van der Waals surface area contributed by atoms with Crippen molar-refractivity contribution >= 4 is 0 Å². The molecule has 1 N–H and O–H groups in total. The van der Waals surface area contributed by atoms with E-state index in [-0.39, 0.29) is 0 Å². The molecule has 90 valence electrons. The molecule has 1 heterocycles. The molecule has 15 heavy (non-hydrogen) atoms. The van der Waals surface area contributed by atoms with Gasteiger partial charge in [-0.1, -0.05) is 0 Å². The maximum atomic E-state index is 5.56. The van der Waals surface area contributed by atoms with Crippen molar-refractivity contribution in [1.82, 2.24) is 5.32 Å². The minimum atomic E-state index is 0.533. The lowest BCUT2D eigenvalue weighted by atomic mass is 10.2. The van der Waals surface area contributed by atoms with Crippen LogP contribution in [0.5, 0.6) is 0 Å². The lowest BCUT2D eigenvalue weighted by Gasteiger charge is -2.09. The van der Waals surface area contributed by atoms with Crippen LogP contribution < -0.4 is 5.32 Å². The molecular weight excluding hydrogens is 190 g/mol. The van der Waals surface area contributed by atoms with E-state index in [2.05, 4.69) is 5.32 Å². The monoisotopic (exact) mass is 215 g/mol. The largest absolute Gasteiger partial charge is 0.385 e. The van der Waals surface area contributed by atoms with Gasteiger partial charge in [0.05, 0.1) is 6.10 Å². The van der Waals surface area contributed by atoms with Crippen molar-refractivity contribution in [2.24, 2.45) is 0 Å². The molecule has 1 atom stereocenters. The topological polar surface area (TPSA) is 30.5 Å². The third-order valence-corrected chi connectivity index (χ3v) is 2.87. The van der Waals surface area contributed by atoms with Gasteiger partial charge in [0.25, 0.3) is 0 Å². The second-order valence-corrected chi connectivity index (χ2v) is 4.23. The van der Waals surface area contributed by atoms with Crippen LogP contribution in [0.25, 0.3) is 0 Å². The summed E-state index contributed by atoms with van der Waals surface area (Å²) in [6.45, 7) is 4.11. The molecule has 1 aliphatic rings. The minimum absolute atomic E-state index is 0.533. The number of rotatable bonds is 9. The van der Waals surface area contributed by atoms with Crippen molar-refractivity contribution in [1.29, 1.82) is 0 Å². The highest BCUT2D eigenvalue weighted by molar-refractivity contribution is 4.65. The standard InChI is InChI=1S/C12H25NO2/c1-14-10-4-2-3-8-13-9-7-12-6-5-11-15-12/h12-13H,2-11H2,1H3. The molecule has 0 spiro atoms. The molecule has 0 radical (unpaired) electrons.